The second-order valence-electron chi connectivity index (χ2n) is 6.62. The molecule has 0 radical (unpaired) electrons. The molecule has 1 heterocycles. The summed E-state index contributed by atoms with van der Waals surface area (Å²) < 4.78 is 4.70. The molecule has 1 aromatic heterocycles. The quantitative estimate of drug-likeness (QED) is 0.713. The zero-order chi connectivity index (χ0) is 18.1. The van der Waals surface area contributed by atoms with Crippen molar-refractivity contribution in [2.75, 3.05) is 13.7 Å². The van der Waals surface area contributed by atoms with Crippen molar-refractivity contribution in [1.29, 1.82) is 0 Å². The number of carbonyl (C=O) groups is 3. The van der Waals surface area contributed by atoms with Crippen LogP contribution in [0, 0.1) is 5.41 Å². The van der Waals surface area contributed by atoms with Gasteiger partial charge in [0.1, 0.15) is 5.56 Å². The number of carboxylic acid groups (broad SMARTS) is 1. The molecule has 1 aliphatic rings. The van der Waals surface area contributed by atoms with Crippen molar-refractivity contribution in [3.8, 4) is 0 Å². The largest absolute Gasteiger partial charge is 0.479 e. The normalized spacial score (nSPS) is 17.0. The third-order valence-corrected chi connectivity index (χ3v) is 3.97. The van der Waals surface area contributed by atoms with Crippen LogP contribution in [0.1, 0.15) is 46.7 Å². The number of hydrogen-bond donors (Lipinski definition) is 3. The van der Waals surface area contributed by atoms with Crippen molar-refractivity contribution in [2.45, 2.75) is 32.8 Å². The Kier molecular flexibility index (Phi) is 4.88. The minimum Gasteiger partial charge on any atom is -0.479 e. The van der Waals surface area contributed by atoms with Crippen molar-refractivity contribution >= 4 is 17.7 Å². The van der Waals surface area contributed by atoms with E-state index in [-0.39, 0.29) is 23.3 Å². The Balaban J connectivity index is 2.25. The molecule has 2 rings (SSSR count). The zero-order valence-corrected chi connectivity index (χ0v) is 13.8. The Bertz CT molecular complexity index is 749. The molecule has 1 aromatic rings. The van der Waals surface area contributed by atoms with Crippen molar-refractivity contribution in [3.63, 3.8) is 0 Å². The summed E-state index contributed by atoms with van der Waals surface area (Å²) in [6, 6.07) is 1.28. The topological polar surface area (TPSA) is 126 Å². The van der Waals surface area contributed by atoms with Gasteiger partial charge in [0.15, 0.2) is 11.9 Å². The van der Waals surface area contributed by atoms with E-state index in [2.05, 4.69) is 10.3 Å². The monoisotopic (exact) mass is 336 g/mol. The SMILES string of the molecule is COC(CNC(=O)c1cc2c([nH]c1=O)CC(C)(C)CC2=O)C(=O)O. The van der Waals surface area contributed by atoms with E-state index in [1.54, 1.807) is 0 Å². The number of aromatic amines is 1. The number of rotatable bonds is 5. The van der Waals surface area contributed by atoms with Gasteiger partial charge in [-0.25, -0.2) is 4.79 Å². The second kappa shape index (κ2) is 6.56. The molecule has 1 amide bonds. The van der Waals surface area contributed by atoms with Gasteiger partial charge < -0.3 is 20.1 Å². The number of carboxylic acids is 1. The number of carbonyl (C=O) groups excluding carboxylic acids is 2. The average Bonchev–Trinajstić information content (AvgIpc) is 2.45. The molecular weight excluding hydrogens is 316 g/mol. The van der Waals surface area contributed by atoms with E-state index < -0.39 is 23.5 Å². The van der Waals surface area contributed by atoms with Gasteiger partial charge in [-0.05, 0) is 17.9 Å². The van der Waals surface area contributed by atoms with E-state index in [1.165, 1.54) is 13.2 Å². The first-order chi connectivity index (χ1) is 11.1. The van der Waals surface area contributed by atoms with Crippen LogP contribution in [0.2, 0.25) is 0 Å². The maximum atomic E-state index is 12.2. The Morgan fingerprint density at radius 3 is 2.62 bits per heavy atom. The summed E-state index contributed by atoms with van der Waals surface area (Å²) in [5.41, 5.74) is -0.217. The number of amides is 1. The molecule has 1 aliphatic carbocycles. The molecule has 8 heteroatoms. The van der Waals surface area contributed by atoms with E-state index in [0.29, 0.717) is 24.1 Å². The molecule has 0 saturated carbocycles. The minimum absolute atomic E-state index is 0.133. The number of aliphatic carboxylic acids is 1. The van der Waals surface area contributed by atoms with Crippen LogP contribution in [-0.4, -0.2) is 47.5 Å². The van der Waals surface area contributed by atoms with Crippen LogP contribution in [0.25, 0.3) is 0 Å². The van der Waals surface area contributed by atoms with Gasteiger partial charge in [0.05, 0.1) is 6.54 Å². The van der Waals surface area contributed by atoms with E-state index in [1.807, 2.05) is 13.8 Å². The summed E-state index contributed by atoms with van der Waals surface area (Å²) in [5.74, 6) is -2.11. The fourth-order valence-electron chi connectivity index (χ4n) is 2.75. The molecule has 1 unspecified atom stereocenters. The van der Waals surface area contributed by atoms with Crippen LogP contribution in [0.15, 0.2) is 10.9 Å². The van der Waals surface area contributed by atoms with E-state index >= 15 is 0 Å². The van der Waals surface area contributed by atoms with Crippen LogP contribution in [-0.2, 0) is 16.0 Å². The lowest BCUT2D eigenvalue weighted by molar-refractivity contribution is -0.148. The fraction of sp³-hybridized carbons (Fsp3) is 0.500. The highest BCUT2D eigenvalue weighted by Gasteiger charge is 2.32. The van der Waals surface area contributed by atoms with Crippen LogP contribution in [0.5, 0.6) is 0 Å². The number of methoxy groups -OCH3 is 1. The minimum atomic E-state index is -1.23. The molecule has 130 valence electrons. The molecule has 8 nitrogen and oxygen atoms in total. The lowest BCUT2D eigenvalue weighted by Crippen LogP contribution is -2.40. The number of hydrogen-bond acceptors (Lipinski definition) is 5. The number of H-pyrrole nitrogens is 1. The molecule has 0 aliphatic heterocycles. The molecular formula is C16H20N2O6. The fourth-order valence-corrected chi connectivity index (χ4v) is 2.75. The van der Waals surface area contributed by atoms with E-state index in [0.717, 1.165) is 0 Å². The number of ketones is 1. The van der Waals surface area contributed by atoms with Crippen LogP contribution < -0.4 is 10.9 Å². The highest BCUT2D eigenvalue weighted by Crippen LogP contribution is 2.33. The first-order valence-corrected chi connectivity index (χ1v) is 7.48. The molecule has 24 heavy (non-hydrogen) atoms. The molecule has 1 atom stereocenters. The standard InChI is InChI=1S/C16H20N2O6/c1-16(2)5-10-8(11(19)6-16)4-9(14(21)18-10)13(20)17-7-12(24-3)15(22)23/h4,12H,5-7H2,1-3H3,(H,17,20)(H,18,21)(H,22,23). The first kappa shape index (κ1) is 17.9. The first-order valence-electron chi connectivity index (χ1n) is 7.48. The van der Waals surface area contributed by atoms with Gasteiger partial charge in [-0.1, -0.05) is 13.8 Å². The number of fused-ring (bicyclic) bond motifs is 1. The zero-order valence-electron chi connectivity index (χ0n) is 13.8. The number of pyridine rings is 1. The predicted octanol–water partition coefficient (Wildman–Crippen LogP) is 0.359. The van der Waals surface area contributed by atoms with Gasteiger partial charge >= 0.3 is 5.97 Å². The van der Waals surface area contributed by atoms with Gasteiger partial charge in [-0.15, -0.1) is 0 Å². The van der Waals surface area contributed by atoms with Crippen molar-refractivity contribution < 1.29 is 24.2 Å². The number of nitrogens with one attached hydrogen (secondary N) is 2. The summed E-state index contributed by atoms with van der Waals surface area (Å²) in [6.45, 7) is 3.58. The van der Waals surface area contributed by atoms with Crippen molar-refractivity contribution in [1.82, 2.24) is 10.3 Å². The third-order valence-electron chi connectivity index (χ3n) is 3.97. The molecule has 0 fully saturated rings. The van der Waals surface area contributed by atoms with Gasteiger partial charge in [-0.2, -0.15) is 0 Å². The Labute approximate surface area is 138 Å². The van der Waals surface area contributed by atoms with Crippen LogP contribution >= 0.6 is 0 Å². The molecule has 0 bridgehead atoms. The molecule has 0 spiro atoms. The third kappa shape index (κ3) is 3.70. The summed E-state index contributed by atoms with van der Waals surface area (Å²) in [6.07, 6.45) is -0.346. The number of Topliss-reactive ketones (excluding diaryl/α,β-unsaturated/α-hetero) is 1. The Morgan fingerprint density at radius 1 is 1.38 bits per heavy atom. The van der Waals surface area contributed by atoms with Gasteiger partial charge in [-0.3, -0.25) is 14.4 Å². The summed E-state index contributed by atoms with van der Waals surface area (Å²) in [7, 11) is 1.21. The molecule has 0 saturated heterocycles. The van der Waals surface area contributed by atoms with Gasteiger partial charge in [0.2, 0.25) is 0 Å². The van der Waals surface area contributed by atoms with Crippen LogP contribution in [0.3, 0.4) is 0 Å². The van der Waals surface area contributed by atoms with Gasteiger partial charge in [0.25, 0.3) is 11.5 Å². The number of ether oxygens (including phenoxy) is 1. The second-order valence-corrected chi connectivity index (χ2v) is 6.62. The van der Waals surface area contributed by atoms with Crippen molar-refractivity contribution in [3.05, 3.63) is 33.2 Å². The Morgan fingerprint density at radius 2 is 2.04 bits per heavy atom. The summed E-state index contributed by atoms with van der Waals surface area (Å²) >= 11 is 0. The van der Waals surface area contributed by atoms with E-state index in [4.69, 9.17) is 9.84 Å². The lowest BCUT2D eigenvalue weighted by Gasteiger charge is -2.29. The lowest BCUT2D eigenvalue weighted by atomic mass is 9.75. The summed E-state index contributed by atoms with van der Waals surface area (Å²) in [5, 5.41) is 11.2. The van der Waals surface area contributed by atoms with Gasteiger partial charge in [0, 0.05) is 24.8 Å². The summed E-state index contributed by atoms with van der Waals surface area (Å²) in [4.78, 5) is 50.0. The van der Waals surface area contributed by atoms with Crippen LogP contribution in [0.4, 0.5) is 0 Å². The highest BCUT2D eigenvalue weighted by atomic mass is 16.5. The molecule has 0 aromatic carbocycles. The number of aromatic nitrogens is 1. The average molecular weight is 336 g/mol. The highest BCUT2D eigenvalue weighted by molar-refractivity contribution is 6.02. The maximum Gasteiger partial charge on any atom is 0.334 e. The van der Waals surface area contributed by atoms with E-state index in [9.17, 15) is 19.2 Å². The van der Waals surface area contributed by atoms with Crippen molar-refractivity contribution in [2.24, 2.45) is 5.41 Å². The smallest absolute Gasteiger partial charge is 0.334 e. The predicted molar refractivity (Wildman–Crippen MR) is 84.3 cm³/mol. The Hall–Kier alpha value is -2.48. The molecule has 3 N–H and O–H groups in total. The maximum absolute atomic E-state index is 12.2.